The molecule has 0 aromatic heterocycles. The second-order valence-electron chi connectivity index (χ2n) is 4.94. The number of alkyl halides is 6. The Hall–Kier alpha value is -1.33. The van der Waals surface area contributed by atoms with Crippen molar-refractivity contribution in [3.8, 4) is 0 Å². The van der Waals surface area contributed by atoms with E-state index in [2.05, 4.69) is 0 Å². The predicted octanol–water partition coefficient (Wildman–Crippen LogP) is 2.56. The molecule has 0 saturated heterocycles. The lowest BCUT2D eigenvalue weighted by molar-refractivity contribution is -0.143. The van der Waals surface area contributed by atoms with Gasteiger partial charge in [-0.25, -0.2) is 13.1 Å². The normalized spacial score (nSPS) is 13.6. The van der Waals surface area contributed by atoms with Crippen LogP contribution in [0.3, 0.4) is 0 Å². The minimum Gasteiger partial charge on any atom is -0.308 e. The van der Waals surface area contributed by atoms with Crippen LogP contribution in [0.15, 0.2) is 23.1 Å². The lowest BCUT2D eigenvalue weighted by Gasteiger charge is -2.15. The number of sulfonamides is 1. The summed E-state index contributed by atoms with van der Waals surface area (Å²) in [6, 6.07) is 0.222. The third kappa shape index (κ3) is 5.66. The Kier molecular flexibility index (Phi) is 5.70. The van der Waals surface area contributed by atoms with E-state index in [1.807, 2.05) is 4.72 Å². The Balaban J connectivity index is 3.29. The van der Waals surface area contributed by atoms with Gasteiger partial charge in [-0.2, -0.15) is 26.3 Å². The van der Waals surface area contributed by atoms with Crippen molar-refractivity contribution in [3.63, 3.8) is 0 Å². The van der Waals surface area contributed by atoms with Crippen molar-refractivity contribution in [1.82, 2.24) is 9.62 Å². The average molecular weight is 364 g/mol. The second kappa shape index (κ2) is 6.65. The zero-order valence-electron chi connectivity index (χ0n) is 12.1. The number of nitrogens with zero attached hydrogens (tertiary/aromatic N) is 1. The van der Waals surface area contributed by atoms with Crippen LogP contribution in [0.4, 0.5) is 26.3 Å². The minimum atomic E-state index is -5.10. The van der Waals surface area contributed by atoms with E-state index in [4.69, 9.17) is 0 Å². The van der Waals surface area contributed by atoms with Crippen LogP contribution in [-0.2, 0) is 22.4 Å². The standard InChI is InChI=1S/C12H14F6N2O2S/c1-20(2)4-3-19-23(21,22)10-6-8(11(13,14)15)5-9(7-10)12(16,17)18/h5-7,19H,3-4H2,1-2H3. The maximum atomic E-state index is 12.7. The molecule has 1 N–H and O–H groups in total. The number of hydrogen-bond acceptors (Lipinski definition) is 3. The predicted molar refractivity (Wildman–Crippen MR) is 70.2 cm³/mol. The summed E-state index contributed by atoms with van der Waals surface area (Å²) in [5.41, 5.74) is -3.36. The summed E-state index contributed by atoms with van der Waals surface area (Å²) < 4.78 is 102. The highest BCUT2D eigenvalue weighted by molar-refractivity contribution is 7.89. The molecule has 23 heavy (non-hydrogen) atoms. The largest absolute Gasteiger partial charge is 0.416 e. The van der Waals surface area contributed by atoms with Gasteiger partial charge in [0, 0.05) is 13.1 Å². The van der Waals surface area contributed by atoms with E-state index in [9.17, 15) is 34.8 Å². The van der Waals surface area contributed by atoms with Crippen LogP contribution in [0.5, 0.6) is 0 Å². The first-order valence-corrected chi connectivity index (χ1v) is 7.65. The fourth-order valence-corrected chi connectivity index (χ4v) is 2.66. The molecule has 4 nitrogen and oxygen atoms in total. The molecule has 0 aliphatic heterocycles. The summed E-state index contributed by atoms with van der Waals surface area (Å²) in [5, 5.41) is 0. The molecule has 0 bridgehead atoms. The molecule has 1 aromatic carbocycles. The molecule has 0 radical (unpaired) electrons. The van der Waals surface area contributed by atoms with Gasteiger partial charge in [-0.3, -0.25) is 0 Å². The molecule has 0 unspecified atom stereocenters. The van der Waals surface area contributed by atoms with Crippen molar-refractivity contribution >= 4 is 10.0 Å². The quantitative estimate of drug-likeness (QED) is 0.817. The summed E-state index contributed by atoms with van der Waals surface area (Å²) >= 11 is 0. The molecule has 0 spiro atoms. The average Bonchev–Trinajstić information content (AvgIpc) is 2.35. The van der Waals surface area contributed by atoms with Crippen LogP contribution in [0.2, 0.25) is 0 Å². The van der Waals surface area contributed by atoms with Crippen LogP contribution in [0, 0.1) is 0 Å². The first kappa shape index (κ1) is 19.7. The highest BCUT2D eigenvalue weighted by atomic mass is 32.2. The molecule has 0 heterocycles. The van der Waals surface area contributed by atoms with Crippen LogP contribution < -0.4 is 4.72 Å². The maximum Gasteiger partial charge on any atom is 0.416 e. The summed E-state index contributed by atoms with van der Waals surface area (Å²) in [6.45, 7) is 0.0667. The van der Waals surface area contributed by atoms with Gasteiger partial charge in [-0.05, 0) is 32.3 Å². The number of benzene rings is 1. The molecule has 1 rings (SSSR count). The number of rotatable bonds is 5. The highest BCUT2D eigenvalue weighted by Crippen LogP contribution is 2.37. The summed E-state index contributed by atoms with van der Waals surface area (Å²) in [4.78, 5) is 0.508. The van der Waals surface area contributed by atoms with E-state index in [1.165, 1.54) is 0 Å². The monoisotopic (exact) mass is 364 g/mol. The lowest BCUT2D eigenvalue weighted by atomic mass is 10.1. The van der Waals surface area contributed by atoms with Crippen molar-refractivity contribution in [3.05, 3.63) is 29.3 Å². The topological polar surface area (TPSA) is 49.4 Å². The minimum absolute atomic E-state index is 0.126. The Labute approximate surface area is 129 Å². The zero-order valence-corrected chi connectivity index (χ0v) is 12.9. The van der Waals surface area contributed by atoms with Gasteiger partial charge in [-0.1, -0.05) is 0 Å². The number of halogens is 6. The molecular weight excluding hydrogens is 350 g/mol. The van der Waals surface area contributed by atoms with Crippen molar-refractivity contribution in [2.24, 2.45) is 0 Å². The van der Waals surface area contributed by atoms with E-state index < -0.39 is 38.4 Å². The van der Waals surface area contributed by atoms with Crippen molar-refractivity contribution < 1.29 is 34.8 Å². The molecule has 0 fully saturated rings. The van der Waals surface area contributed by atoms with Gasteiger partial charge < -0.3 is 4.90 Å². The molecule has 1 aromatic rings. The lowest BCUT2D eigenvalue weighted by Crippen LogP contribution is -2.31. The Morgan fingerprint density at radius 1 is 0.957 bits per heavy atom. The SMILES string of the molecule is CN(C)CCNS(=O)(=O)c1cc(C(F)(F)F)cc(C(F)(F)F)c1. The summed E-state index contributed by atoms with van der Waals surface area (Å²) in [5.74, 6) is 0. The van der Waals surface area contributed by atoms with E-state index in [-0.39, 0.29) is 31.3 Å². The Morgan fingerprint density at radius 3 is 1.74 bits per heavy atom. The Bertz CT molecular complexity index is 620. The van der Waals surface area contributed by atoms with Crippen LogP contribution in [0.25, 0.3) is 0 Å². The first-order valence-electron chi connectivity index (χ1n) is 6.17. The second-order valence-corrected chi connectivity index (χ2v) is 6.71. The zero-order chi connectivity index (χ0) is 18.1. The van der Waals surface area contributed by atoms with E-state index >= 15 is 0 Å². The molecule has 0 aliphatic carbocycles. The fourth-order valence-electron chi connectivity index (χ4n) is 1.57. The van der Waals surface area contributed by atoms with Crippen LogP contribution in [-0.4, -0.2) is 40.5 Å². The molecule has 0 saturated carbocycles. The van der Waals surface area contributed by atoms with Gasteiger partial charge >= 0.3 is 12.4 Å². The maximum absolute atomic E-state index is 12.7. The molecule has 0 aliphatic rings. The fraction of sp³-hybridized carbons (Fsp3) is 0.500. The Morgan fingerprint density at radius 2 is 1.39 bits per heavy atom. The van der Waals surface area contributed by atoms with Gasteiger partial charge in [-0.15, -0.1) is 0 Å². The van der Waals surface area contributed by atoms with Gasteiger partial charge in [0.25, 0.3) is 0 Å². The molecule has 0 atom stereocenters. The number of nitrogens with one attached hydrogen (secondary N) is 1. The first-order chi connectivity index (χ1) is 10.2. The third-order valence-electron chi connectivity index (χ3n) is 2.72. The van der Waals surface area contributed by atoms with E-state index in [0.717, 1.165) is 0 Å². The van der Waals surface area contributed by atoms with Gasteiger partial charge in [0.05, 0.1) is 16.0 Å². The van der Waals surface area contributed by atoms with Gasteiger partial charge in [0.1, 0.15) is 0 Å². The molecule has 11 heteroatoms. The molecule has 0 amide bonds. The summed E-state index contributed by atoms with van der Waals surface area (Å²) in [6.07, 6.45) is -10.2. The van der Waals surface area contributed by atoms with Crippen LogP contribution in [0.1, 0.15) is 11.1 Å². The van der Waals surface area contributed by atoms with Gasteiger partial charge in [0.2, 0.25) is 10.0 Å². The van der Waals surface area contributed by atoms with E-state index in [1.54, 1.807) is 19.0 Å². The van der Waals surface area contributed by atoms with Crippen molar-refractivity contribution in [1.29, 1.82) is 0 Å². The smallest absolute Gasteiger partial charge is 0.308 e. The highest BCUT2D eigenvalue weighted by Gasteiger charge is 2.38. The summed E-state index contributed by atoms with van der Waals surface area (Å²) in [7, 11) is -1.25. The number of likely N-dealkylation sites (N-methyl/N-ethyl adjacent to an activating group) is 1. The third-order valence-corrected chi connectivity index (χ3v) is 4.16. The molecule has 132 valence electrons. The number of hydrogen-bond donors (Lipinski definition) is 1. The van der Waals surface area contributed by atoms with Crippen LogP contribution >= 0.6 is 0 Å². The van der Waals surface area contributed by atoms with E-state index in [0.29, 0.717) is 0 Å². The van der Waals surface area contributed by atoms with Gasteiger partial charge in [0.15, 0.2) is 0 Å². The van der Waals surface area contributed by atoms with Crippen molar-refractivity contribution in [2.75, 3.05) is 27.2 Å². The molecular formula is C12H14F6N2O2S. The van der Waals surface area contributed by atoms with Crippen molar-refractivity contribution in [2.45, 2.75) is 17.2 Å².